The van der Waals surface area contributed by atoms with Crippen LogP contribution in [0.3, 0.4) is 0 Å². The lowest BCUT2D eigenvalue weighted by Gasteiger charge is -2.30. The largest absolute Gasteiger partial charge is 0.508 e. The van der Waals surface area contributed by atoms with Gasteiger partial charge in [0, 0.05) is 47.2 Å². The van der Waals surface area contributed by atoms with Crippen LogP contribution in [0.1, 0.15) is 57.0 Å². The van der Waals surface area contributed by atoms with Gasteiger partial charge in [0.25, 0.3) is 0 Å². The number of nitrogens with zero attached hydrogens (tertiary/aromatic N) is 1. The fraction of sp³-hybridized carbons (Fsp3) is 0.414. The van der Waals surface area contributed by atoms with E-state index in [1.54, 1.807) is 26.0 Å². The number of hydrogen-bond donors (Lipinski definition) is 0. The summed E-state index contributed by atoms with van der Waals surface area (Å²) >= 11 is 0. The van der Waals surface area contributed by atoms with Crippen LogP contribution in [-0.2, 0) is 34.2 Å². The maximum Gasteiger partial charge on any atom is 0.508 e. The molecule has 0 N–H and O–H groups in total. The molecule has 1 atom stereocenters. The summed E-state index contributed by atoms with van der Waals surface area (Å²) in [6.07, 6.45) is 4.37. The molecule has 0 unspecified atom stereocenters. The van der Waals surface area contributed by atoms with Gasteiger partial charge in [-0.05, 0) is 49.6 Å². The molecule has 3 heterocycles. The lowest BCUT2D eigenvalue weighted by Crippen LogP contribution is -2.43. The molecule has 2 aromatic heterocycles. The van der Waals surface area contributed by atoms with E-state index < -0.39 is 28.9 Å². The molecule has 7 heteroatoms. The SMILES string of the molecule is C=CC(C)(C)c1cc2cc3c(cc2oc1=O)O[C@@H](C(C)(C)OC(=O)OCCc1ccc(CC)cn1)C3. The van der Waals surface area contributed by atoms with Crippen molar-refractivity contribution in [1.82, 2.24) is 4.98 Å². The predicted molar refractivity (Wildman–Crippen MR) is 138 cm³/mol. The molecule has 0 saturated heterocycles. The Hall–Kier alpha value is -3.61. The highest BCUT2D eigenvalue weighted by Crippen LogP contribution is 2.38. The summed E-state index contributed by atoms with van der Waals surface area (Å²) in [7, 11) is 0. The van der Waals surface area contributed by atoms with Crippen molar-refractivity contribution in [2.24, 2.45) is 0 Å². The third-order valence-corrected chi connectivity index (χ3v) is 6.79. The van der Waals surface area contributed by atoms with Crippen molar-refractivity contribution < 1.29 is 23.4 Å². The zero-order chi connectivity index (χ0) is 26.1. The van der Waals surface area contributed by atoms with Crippen LogP contribution in [0.5, 0.6) is 5.75 Å². The maximum atomic E-state index is 12.6. The number of carbonyl (C=O) groups excluding carboxylic acids is 1. The van der Waals surface area contributed by atoms with Gasteiger partial charge >= 0.3 is 11.8 Å². The average Bonchev–Trinajstić information content (AvgIpc) is 3.26. The minimum Gasteiger partial charge on any atom is -0.485 e. The first-order valence-electron chi connectivity index (χ1n) is 12.2. The van der Waals surface area contributed by atoms with E-state index in [1.165, 1.54) is 0 Å². The molecule has 190 valence electrons. The van der Waals surface area contributed by atoms with Gasteiger partial charge in [-0.15, -0.1) is 6.58 Å². The van der Waals surface area contributed by atoms with Gasteiger partial charge in [0.05, 0.1) is 0 Å². The molecule has 4 rings (SSSR count). The summed E-state index contributed by atoms with van der Waals surface area (Å²) in [5.41, 5.74) is 2.10. The van der Waals surface area contributed by atoms with Crippen LogP contribution in [0.2, 0.25) is 0 Å². The Morgan fingerprint density at radius 2 is 2.00 bits per heavy atom. The Morgan fingerprint density at radius 1 is 1.22 bits per heavy atom. The fourth-order valence-corrected chi connectivity index (χ4v) is 4.17. The van der Waals surface area contributed by atoms with Crippen LogP contribution < -0.4 is 10.4 Å². The second kappa shape index (κ2) is 9.80. The molecule has 1 aliphatic rings. The monoisotopic (exact) mass is 491 g/mol. The third kappa shape index (κ3) is 5.30. The minimum atomic E-state index is -0.944. The number of rotatable bonds is 8. The number of aryl methyl sites for hydroxylation is 1. The Morgan fingerprint density at radius 3 is 2.67 bits per heavy atom. The smallest absolute Gasteiger partial charge is 0.485 e. The molecular formula is C29H33NO6. The summed E-state index contributed by atoms with van der Waals surface area (Å²) in [6, 6.07) is 9.49. The first-order chi connectivity index (χ1) is 17.0. The molecule has 1 aromatic carbocycles. The number of pyridine rings is 1. The van der Waals surface area contributed by atoms with E-state index in [-0.39, 0.29) is 6.61 Å². The summed E-state index contributed by atoms with van der Waals surface area (Å²) in [5.74, 6) is 0.609. The first kappa shape index (κ1) is 25.5. The van der Waals surface area contributed by atoms with E-state index in [1.807, 2.05) is 44.3 Å². The van der Waals surface area contributed by atoms with Crippen molar-refractivity contribution >= 4 is 17.1 Å². The van der Waals surface area contributed by atoms with Crippen LogP contribution in [0.25, 0.3) is 11.0 Å². The number of aromatic nitrogens is 1. The lowest BCUT2D eigenvalue weighted by molar-refractivity contribution is -0.0670. The van der Waals surface area contributed by atoms with Gasteiger partial charge in [-0.1, -0.05) is 32.9 Å². The van der Waals surface area contributed by atoms with Gasteiger partial charge in [-0.2, -0.15) is 0 Å². The van der Waals surface area contributed by atoms with E-state index in [0.717, 1.165) is 28.6 Å². The summed E-state index contributed by atoms with van der Waals surface area (Å²) < 4.78 is 22.6. The Bertz CT molecular complexity index is 1340. The average molecular weight is 492 g/mol. The van der Waals surface area contributed by atoms with Gasteiger partial charge < -0.3 is 18.6 Å². The van der Waals surface area contributed by atoms with E-state index in [2.05, 4.69) is 18.5 Å². The minimum absolute atomic E-state index is 0.174. The topological polar surface area (TPSA) is 87.9 Å². The van der Waals surface area contributed by atoms with Crippen LogP contribution in [0.4, 0.5) is 4.79 Å². The zero-order valence-corrected chi connectivity index (χ0v) is 21.6. The Balaban J connectivity index is 1.40. The quantitative estimate of drug-likeness (QED) is 0.227. The van der Waals surface area contributed by atoms with Crippen molar-refractivity contribution in [2.75, 3.05) is 6.61 Å². The van der Waals surface area contributed by atoms with Crippen LogP contribution in [0, 0.1) is 0 Å². The lowest BCUT2D eigenvalue weighted by atomic mass is 9.85. The van der Waals surface area contributed by atoms with Gasteiger partial charge in [-0.3, -0.25) is 4.98 Å². The molecule has 0 radical (unpaired) electrons. The number of ether oxygens (including phenoxy) is 3. The molecule has 0 spiro atoms. The molecule has 36 heavy (non-hydrogen) atoms. The number of hydrogen-bond acceptors (Lipinski definition) is 7. The summed E-state index contributed by atoms with van der Waals surface area (Å²) in [5, 5.41) is 0.807. The van der Waals surface area contributed by atoms with E-state index in [4.69, 9.17) is 18.6 Å². The molecule has 7 nitrogen and oxygen atoms in total. The molecule has 1 aliphatic heterocycles. The standard InChI is InChI=1S/C29H33NO6/c1-7-18-9-10-21(30-17-18)11-12-33-27(32)36-29(5,6)25-15-20-13-19-14-22(28(3,4)8-2)26(31)35-24(19)16-23(20)34-25/h8-10,13-14,16-17,25H,2,7,11-12,15H2,1,3-6H3/t25-/m1/s1. The van der Waals surface area contributed by atoms with Crippen LogP contribution >= 0.6 is 0 Å². The first-order valence-corrected chi connectivity index (χ1v) is 12.2. The number of fused-ring (bicyclic) bond motifs is 2. The van der Waals surface area contributed by atoms with Gasteiger partial charge in [0.1, 0.15) is 29.6 Å². The molecule has 0 saturated carbocycles. The highest BCUT2D eigenvalue weighted by Gasteiger charge is 2.40. The number of allylic oxidation sites excluding steroid dienone is 1. The second-order valence-corrected chi connectivity index (χ2v) is 10.2. The number of carbonyl (C=O) groups is 1. The molecule has 0 aliphatic carbocycles. The molecular weight excluding hydrogens is 458 g/mol. The van der Waals surface area contributed by atoms with E-state index in [0.29, 0.717) is 29.7 Å². The van der Waals surface area contributed by atoms with Crippen LogP contribution in [-0.4, -0.2) is 29.5 Å². The molecule has 0 bridgehead atoms. The highest BCUT2D eigenvalue weighted by atomic mass is 16.7. The van der Waals surface area contributed by atoms with Crippen LogP contribution in [0.15, 0.2) is 58.4 Å². The fourth-order valence-electron chi connectivity index (χ4n) is 4.17. The Kier molecular flexibility index (Phi) is 6.94. The van der Waals surface area contributed by atoms with Crippen molar-refractivity contribution in [3.8, 4) is 5.75 Å². The summed E-state index contributed by atoms with van der Waals surface area (Å²) in [6.45, 7) is 13.5. The normalized spacial score (nSPS) is 15.3. The highest BCUT2D eigenvalue weighted by molar-refractivity contribution is 5.80. The maximum absolute atomic E-state index is 12.6. The Labute approximate surface area is 211 Å². The summed E-state index contributed by atoms with van der Waals surface area (Å²) in [4.78, 5) is 29.3. The van der Waals surface area contributed by atoms with Crippen molar-refractivity contribution in [3.05, 3.63) is 82.0 Å². The van der Waals surface area contributed by atoms with Gasteiger partial charge in [0.15, 0.2) is 0 Å². The van der Waals surface area contributed by atoms with Gasteiger partial charge in [0.2, 0.25) is 0 Å². The van der Waals surface area contributed by atoms with E-state index >= 15 is 0 Å². The zero-order valence-electron chi connectivity index (χ0n) is 21.6. The van der Waals surface area contributed by atoms with Crippen molar-refractivity contribution in [1.29, 1.82) is 0 Å². The molecule has 0 amide bonds. The second-order valence-electron chi connectivity index (χ2n) is 10.2. The molecule has 0 fully saturated rings. The number of benzene rings is 1. The molecule has 3 aromatic rings. The van der Waals surface area contributed by atoms with Gasteiger partial charge in [-0.25, -0.2) is 9.59 Å². The third-order valence-electron chi connectivity index (χ3n) is 6.79. The van der Waals surface area contributed by atoms with E-state index in [9.17, 15) is 9.59 Å². The van der Waals surface area contributed by atoms with Crippen molar-refractivity contribution in [2.45, 2.75) is 71.0 Å². The van der Waals surface area contributed by atoms with Crippen molar-refractivity contribution in [3.63, 3.8) is 0 Å². The predicted octanol–water partition coefficient (Wildman–Crippen LogP) is 5.69.